The predicted octanol–water partition coefficient (Wildman–Crippen LogP) is 3.11. The summed E-state index contributed by atoms with van der Waals surface area (Å²) in [6.07, 6.45) is 1.15. The average Bonchev–Trinajstić information content (AvgIpc) is 2.25. The second kappa shape index (κ2) is 5.80. The van der Waals surface area contributed by atoms with Gasteiger partial charge in [0.2, 0.25) is 0 Å². The number of anilines is 1. The molecule has 88 valence electrons. The van der Waals surface area contributed by atoms with Gasteiger partial charge in [0.1, 0.15) is 0 Å². The number of hydrogen-bond donors (Lipinski definition) is 2. The average molecular weight is 239 g/mol. The van der Waals surface area contributed by atoms with E-state index >= 15 is 0 Å². The molecule has 0 fully saturated rings. The van der Waals surface area contributed by atoms with Crippen molar-refractivity contribution in [1.82, 2.24) is 0 Å². The minimum atomic E-state index is -0.976. The highest BCUT2D eigenvalue weighted by Gasteiger charge is 2.08. The molecule has 0 aliphatic rings. The van der Waals surface area contributed by atoms with Crippen molar-refractivity contribution in [3.05, 3.63) is 23.8 Å². The van der Waals surface area contributed by atoms with Crippen molar-refractivity contribution in [2.75, 3.05) is 11.5 Å². The lowest BCUT2D eigenvalue weighted by Crippen LogP contribution is -2.02. The summed E-state index contributed by atoms with van der Waals surface area (Å²) in [5, 5.41) is 8.83. The van der Waals surface area contributed by atoms with E-state index in [2.05, 4.69) is 13.8 Å². The number of aromatic carboxylic acids is 1. The Bertz CT molecular complexity index is 379. The number of nitrogens with two attached hydrogens (primary N) is 1. The molecule has 0 bridgehead atoms. The maximum absolute atomic E-state index is 10.8. The number of carboxylic acids is 1. The van der Waals surface area contributed by atoms with Crippen molar-refractivity contribution >= 4 is 23.4 Å². The third kappa shape index (κ3) is 3.45. The summed E-state index contributed by atoms with van der Waals surface area (Å²) in [7, 11) is 0. The van der Waals surface area contributed by atoms with Gasteiger partial charge in [-0.1, -0.05) is 20.3 Å². The summed E-state index contributed by atoms with van der Waals surface area (Å²) in [6, 6.07) is 5.11. The van der Waals surface area contributed by atoms with Gasteiger partial charge in [-0.2, -0.15) is 0 Å². The lowest BCUT2D eigenvalue weighted by molar-refractivity contribution is 0.0698. The summed E-state index contributed by atoms with van der Waals surface area (Å²) >= 11 is 1.71. The van der Waals surface area contributed by atoms with Crippen LogP contribution in [0.3, 0.4) is 0 Å². The molecule has 0 heterocycles. The standard InChI is InChI=1S/C12H17NO2S/c1-3-8(2)7-16-9-4-5-10(12(14)15)11(13)6-9/h4-6,8H,3,7,13H2,1-2H3,(H,14,15). The number of nitrogen functional groups attached to an aromatic ring is 1. The number of rotatable bonds is 5. The van der Waals surface area contributed by atoms with E-state index in [9.17, 15) is 4.79 Å². The van der Waals surface area contributed by atoms with E-state index in [0.29, 0.717) is 11.6 Å². The van der Waals surface area contributed by atoms with E-state index < -0.39 is 5.97 Å². The van der Waals surface area contributed by atoms with Crippen LogP contribution in [0.1, 0.15) is 30.6 Å². The molecule has 0 saturated carbocycles. The van der Waals surface area contributed by atoms with E-state index in [1.165, 1.54) is 0 Å². The first-order valence-corrected chi connectivity index (χ1v) is 6.28. The van der Waals surface area contributed by atoms with E-state index in [0.717, 1.165) is 17.1 Å². The normalized spacial score (nSPS) is 12.4. The van der Waals surface area contributed by atoms with Gasteiger partial charge < -0.3 is 10.8 Å². The maximum atomic E-state index is 10.8. The molecular formula is C12H17NO2S. The molecular weight excluding hydrogens is 222 g/mol. The molecule has 0 aliphatic heterocycles. The first kappa shape index (κ1) is 12.9. The number of carboxylic acid groups (broad SMARTS) is 1. The Hall–Kier alpha value is -1.16. The first-order chi connectivity index (χ1) is 7.54. The molecule has 0 saturated heterocycles. The Morgan fingerprint density at radius 1 is 1.56 bits per heavy atom. The molecule has 0 spiro atoms. The minimum Gasteiger partial charge on any atom is -0.478 e. The van der Waals surface area contributed by atoms with Crippen LogP contribution in [-0.2, 0) is 0 Å². The third-order valence-electron chi connectivity index (χ3n) is 2.48. The van der Waals surface area contributed by atoms with Crippen molar-refractivity contribution in [3.63, 3.8) is 0 Å². The minimum absolute atomic E-state index is 0.174. The van der Waals surface area contributed by atoms with Crippen molar-refractivity contribution < 1.29 is 9.90 Å². The second-order valence-electron chi connectivity index (χ2n) is 3.88. The van der Waals surface area contributed by atoms with E-state index in [-0.39, 0.29) is 5.56 Å². The number of carbonyl (C=O) groups is 1. The van der Waals surface area contributed by atoms with Gasteiger partial charge in [-0.25, -0.2) is 4.79 Å². The molecule has 0 radical (unpaired) electrons. The van der Waals surface area contributed by atoms with Gasteiger partial charge in [-0.05, 0) is 24.1 Å². The molecule has 1 rings (SSSR count). The van der Waals surface area contributed by atoms with Gasteiger partial charge in [0.15, 0.2) is 0 Å². The number of benzene rings is 1. The molecule has 16 heavy (non-hydrogen) atoms. The fourth-order valence-corrected chi connectivity index (χ4v) is 2.27. The molecule has 0 aliphatic carbocycles. The molecule has 4 heteroatoms. The Kier molecular flexibility index (Phi) is 4.68. The molecule has 3 N–H and O–H groups in total. The third-order valence-corrected chi connectivity index (χ3v) is 3.81. The summed E-state index contributed by atoms with van der Waals surface area (Å²) < 4.78 is 0. The fourth-order valence-electron chi connectivity index (χ4n) is 1.18. The van der Waals surface area contributed by atoms with Crippen LogP contribution in [-0.4, -0.2) is 16.8 Å². The lowest BCUT2D eigenvalue weighted by atomic mass is 10.2. The van der Waals surface area contributed by atoms with Crippen molar-refractivity contribution in [2.24, 2.45) is 5.92 Å². The zero-order valence-corrected chi connectivity index (χ0v) is 10.4. The van der Waals surface area contributed by atoms with Gasteiger partial charge in [0, 0.05) is 16.3 Å². The highest BCUT2D eigenvalue weighted by atomic mass is 32.2. The Morgan fingerprint density at radius 2 is 2.25 bits per heavy atom. The van der Waals surface area contributed by atoms with Crippen LogP contribution >= 0.6 is 11.8 Å². The van der Waals surface area contributed by atoms with E-state index in [1.54, 1.807) is 23.9 Å². The summed E-state index contributed by atoms with van der Waals surface area (Å²) in [5.41, 5.74) is 6.18. The van der Waals surface area contributed by atoms with Gasteiger partial charge in [-0.15, -0.1) is 11.8 Å². The van der Waals surface area contributed by atoms with Crippen LogP contribution in [0.25, 0.3) is 0 Å². The predicted molar refractivity (Wildman–Crippen MR) is 68.0 cm³/mol. The summed E-state index contributed by atoms with van der Waals surface area (Å²) in [5.74, 6) is 0.712. The van der Waals surface area contributed by atoms with Crippen molar-refractivity contribution in [3.8, 4) is 0 Å². The Balaban J connectivity index is 2.70. The summed E-state index contributed by atoms with van der Waals surface area (Å²) in [6.45, 7) is 4.36. The van der Waals surface area contributed by atoms with Crippen molar-refractivity contribution in [1.29, 1.82) is 0 Å². The van der Waals surface area contributed by atoms with Crippen LogP contribution in [0.4, 0.5) is 5.69 Å². The molecule has 1 aromatic rings. The SMILES string of the molecule is CCC(C)CSc1ccc(C(=O)O)c(N)c1. The molecule has 3 nitrogen and oxygen atoms in total. The van der Waals surface area contributed by atoms with Gasteiger partial charge in [0.25, 0.3) is 0 Å². The van der Waals surface area contributed by atoms with Crippen LogP contribution < -0.4 is 5.73 Å². The number of hydrogen-bond acceptors (Lipinski definition) is 3. The summed E-state index contributed by atoms with van der Waals surface area (Å²) in [4.78, 5) is 11.8. The van der Waals surface area contributed by atoms with E-state index in [4.69, 9.17) is 10.8 Å². The van der Waals surface area contributed by atoms with Crippen LogP contribution in [0.15, 0.2) is 23.1 Å². The molecule has 0 aromatic heterocycles. The van der Waals surface area contributed by atoms with Gasteiger partial charge in [-0.3, -0.25) is 0 Å². The number of thioether (sulfide) groups is 1. The van der Waals surface area contributed by atoms with Crippen LogP contribution in [0.5, 0.6) is 0 Å². The molecule has 1 atom stereocenters. The molecule has 1 aromatic carbocycles. The van der Waals surface area contributed by atoms with Gasteiger partial charge >= 0.3 is 5.97 Å². The largest absolute Gasteiger partial charge is 0.478 e. The highest BCUT2D eigenvalue weighted by molar-refractivity contribution is 7.99. The Morgan fingerprint density at radius 3 is 2.75 bits per heavy atom. The second-order valence-corrected chi connectivity index (χ2v) is 4.97. The van der Waals surface area contributed by atoms with E-state index in [1.807, 2.05) is 6.07 Å². The smallest absolute Gasteiger partial charge is 0.337 e. The lowest BCUT2D eigenvalue weighted by Gasteiger charge is -2.09. The topological polar surface area (TPSA) is 63.3 Å². The van der Waals surface area contributed by atoms with Crippen molar-refractivity contribution in [2.45, 2.75) is 25.2 Å². The zero-order valence-electron chi connectivity index (χ0n) is 9.56. The monoisotopic (exact) mass is 239 g/mol. The first-order valence-electron chi connectivity index (χ1n) is 5.30. The quantitative estimate of drug-likeness (QED) is 0.612. The van der Waals surface area contributed by atoms with Crippen LogP contribution in [0, 0.1) is 5.92 Å². The molecule has 1 unspecified atom stereocenters. The maximum Gasteiger partial charge on any atom is 0.337 e. The molecule has 0 amide bonds. The zero-order chi connectivity index (χ0) is 12.1. The fraction of sp³-hybridized carbons (Fsp3) is 0.417. The van der Waals surface area contributed by atoms with Crippen LogP contribution in [0.2, 0.25) is 0 Å². The highest BCUT2D eigenvalue weighted by Crippen LogP contribution is 2.25. The van der Waals surface area contributed by atoms with Gasteiger partial charge in [0.05, 0.1) is 5.56 Å². The Labute approximate surface area is 100 Å².